The van der Waals surface area contributed by atoms with Gasteiger partial charge in [0, 0.05) is 18.1 Å². The fourth-order valence-electron chi connectivity index (χ4n) is 1.38. The highest BCUT2D eigenvalue weighted by atomic mass is 35.5. The lowest BCUT2D eigenvalue weighted by Gasteiger charge is -2.08. The highest BCUT2D eigenvalue weighted by molar-refractivity contribution is 6.29. The molecule has 5 heteroatoms. The van der Waals surface area contributed by atoms with Gasteiger partial charge in [-0.25, -0.2) is 9.37 Å². The van der Waals surface area contributed by atoms with E-state index in [2.05, 4.69) is 9.97 Å². The van der Waals surface area contributed by atoms with Gasteiger partial charge in [0.05, 0.1) is 0 Å². The zero-order valence-corrected chi connectivity index (χ0v) is 10.8. The number of ether oxygens (including phenoxy) is 1. The van der Waals surface area contributed by atoms with Gasteiger partial charge in [-0.1, -0.05) is 31.5 Å². The van der Waals surface area contributed by atoms with Gasteiger partial charge in [0.25, 0.3) is 0 Å². The molecule has 0 aliphatic carbocycles. The fraction of sp³-hybridized carbons (Fsp3) is 0.231. The molecule has 1 aromatic heterocycles. The number of aromatic nitrogens is 2. The standard InChI is InChI=1S/C13H12ClFN2O/c1-8(2)13-16-11(14)7-12(17-13)18-10-5-3-4-9(15)6-10/h3-8H,1-2H3. The SMILES string of the molecule is CC(C)c1nc(Cl)cc(Oc2cccc(F)c2)n1. The summed E-state index contributed by atoms with van der Waals surface area (Å²) < 4.78 is 18.5. The van der Waals surface area contributed by atoms with Gasteiger partial charge in [0.1, 0.15) is 22.5 Å². The number of hydrogen-bond donors (Lipinski definition) is 0. The highest BCUT2D eigenvalue weighted by Crippen LogP contribution is 2.24. The molecule has 0 atom stereocenters. The third kappa shape index (κ3) is 3.17. The van der Waals surface area contributed by atoms with E-state index in [0.29, 0.717) is 22.6 Å². The second kappa shape index (κ2) is 5.31. The third-order valence-electron chi connectivity index (χ3n) is 2.22. The molecule has 0 aliphatic heterocycles. The molecule has 0 unspecified atom stereocenters. The van der Waals surface area contributed by atoms with Gasteiger partial charge in [-0.15, -0.1) is 0 Å². The summed E-state index contributed by atoms with van der Waals surface area (Å²) in [7, 11) is 0. The Bertz CT molecular complexity index is 560. The van der Waals surface area contributed by atoms with Gasteiger partial charge in [0.2, 0.25) is 5.88 Å². The van der Waals surface area contributed by atoms with Crippen LogP contribution in [-0.4, -0.2) is 9.97 Å². The molecule has 1 heterocycles. The van der Waals surface area contributed by atoms with Crippen LogP contribution >= 0.6 is 11.6 Å². The molecule has 0 amide bonds. The van der Waals surface area contributed by atoms with Crippen molar-refractivity contribution in [3.8, 4) is 11.6 Å². The van der Waals surface area contributed by atoms with Crippen molar-refractivity contribution in [1.29, 1.82) is 0 Å². The van der Waals surface area contributed by atoms with Gasteiger partial charge in [0.15, 0.2) is 0 Å². The normalized spacial score (nSPS) is 10.7. The summed E-state index contributed by atoms with van der Waals surface area (Å²) in [4.78, 5) is 8.31. The summed E-state index contributed by atoms with van der Waals surface area (Å²) in [6.45, 7) is 3.91. The molecule has 0 N–H and O–H groups in total. The molecule has 0 radical (unpaired) electrons. The minimum atomic E-state index is -0.364. The maximum Gasteiger partial charge on any atom is 0.224 e. The Labute approximate surface area is 110 Å². The molecule has 3 nitrogen and oxygen atoms in total. The third-order valence-corrected chi connectivity index (χ3v) is 2.42. The predicted molar refractivity (Wildman–Crippen MR) is 67.6 cm³/mol. The van der Waals surface area contributed by atoms with Crippen molar-refractivity contribution in [2.45, 2.75) is 19.8 Å². The summed E-state index contributed by atoms with van der Waals surface area (Å²) >= 11 is 5.89. The van der Waals surface area contributed by atoms with Crippen molar-refractivity contribution >= 4 is 11.6 Å². The molecule has 0 aliphatic rings. The molecule has 2 rings (SSSR count). The van der Waals surface area contributed by atoms with Crippen molar-refractivity contribution in [2.24, 2.45) is 0 Å². The van der Waals surface area contributed by atoms with E-state index in [1.54, 1.807) is 12.1 Å². The quantitative estimate of drug-likeness (QED) is 0.782. The van der Waals surface area contributed by atoms with Crippen molar-refractivity contribution in [3.63, 3.8) is 0 Å². The van der Waals surface area contributed by atoms with Crippen molar-refractivity contribution in [1.82, 2.24) is 9.97 Å². The second-order valence-electron chi connectivity index (χ2n) is 4.10. The number of benzene rings is 1. The lowest BCUT2D eigenvalue weighted by atomic mass is 10.2. The maximum absolute atomic E-state index is 13.0. The van der Waals surface area contributed by atoms with Crippen LogP contribution in [0.4, 0.5) is 4.39 Å². The van der Waals surface area contributed by atoms with Gasteiger partial charge in [-0.2, -0.15) is 4.98 Å². The molecule has 1 aromatic carbocycles. The van der Waals surface area contributed by atoms with Gasteiger partial charge in [-0.05, 0) is 12.1 Å². The zero-order valence-electron chi connectivity index (χ0n) is 10.0. The Hall–Kier alpha value is -1.68. The van der Waals surface area contributed by atoms with Crippen LogP contribution in [0.5, 0.6) is 11.6 Å². The van der Waals surface area contributed by atoms with E-state index >= 15 is 0 Å². The van der Waals surface area contributed by atoms with E-state index in [0.717, 1.165) is 0 Å². The first-order valence-corrected chi connectivity index (χ1v) is 5.90. The van der Waals surface area contributed by atoms with E-state index in [1.807, 2.05) is 13.8 Å². The zero-order chi connectivity index (χ0) is 13.1. The molecule has 0 fully saturated rings. The molecular weight excluding hydrogens is 255 g/mol. The van der Waals surface area contributed by atoms with E-state index in [9.17, 15) is 4.39 Å². The summed E-state index contributed by atoms with van der Waals surface area (Å²) in [5.74, 6) is 1.05. The number of rotatable bonds is 3. The molecule has 0 saturated heterocycles. The van der Waals surface area contributed by atoms with Crippen molar-refractivity contribution in [2.75, 3.05) is 0 Å². The van der Waals surface area contributed by atoms with Crippen LogP contribution in [0.25, 0.3) is 0 Å². The monoisotopic (exact) mass is 266 g/mol. The van der Waals surface area contributed by atoms with Crippen LogP contribution in [0.1, 0.15) is 25.6 Å². The number of halogens is 2. The fourth-order valence-corrected chi connectivity index (χ4v) is 1.56. The number of nitrogens with zero attached hydrogens (tertiary/aromatic N) is 2. The Morgan fingerprint density at radius 3 is 2.67 bits per heavy atom. The average molecular weight is 267 g/mol. The molecule has 2 aromatic rings. The minimum Gasteiger partial charge on any atom is -0.439 e. The van der Waals surface area contributed by atoms with Crippen molar-refractivity contribution in [3.05, 3.63) is 47.1 Å². The smallest absolute Gasteiger partial charge is 0.224 e. The number of hydrogen-bond acceptors (Lipinski definition) is 3. The predicted octanol–water partition coefficient (Wildman–Crippen LogP) is 4.18. The molecule has 0 bridgehead atoms. The molecule has 0 spiro atoms. The summed E-state index contributed by atoms with van der Waals surface area (Å²) in [5, 5.41) is 0.306. The van der Waals surface area contributed by atoms with Crippen LogP contribution in [0.15, 0.2) is 30.3 Å². The lowest BCUT2D eigenvalue weighted by molar-refractivity contribution is 0.452. The Kier molecular flexibility index (Phi) is 3.77. The van der Waals surface area contributed by atoms with Crippen LogP contribution in [-0.2, 0) is 0 Å². The largest absolute Gasteiger partial charge is 0.439 e. The van der Waals surface area contributed by atoms with Crippen LogP contribution in [0, 0.1) is 5.82 Å². The first-order valence-electron chi connectivity index (χ1n) is 5.52. The minimum absolute atomic E-state index is 0.138. The molecular formula is C13H12ClFN2O. The molecule has 18 heavy (non-hydrogen) atoms. The molecule has 0 saturated carbocycles. The average Bonchev–Trinajstić information content (AvgIpc) is 2.28. The maximum atomic E-state index is 13.0. The van der Waals surface area contributed by atoms with Crippen molar-refractivity contribution < 1.29 is 9.13 Å². The first kappa shape index (κ1) is 12.8. The molecule has 94 valence electrons. The Morgan fingerprint density at radius 1 is 1.22 bits per heavy atom. The van der Waals surface area contributed by atoms with E-state index in [-0.39, 0.29) is 11.7 Å². The first-order chi connectivity index (χ1) is 8.54. The Balaban J connectivity index is 2.29. The van der Waals surface area contributed by atoms with Crippen LogP contribution in [0.2, 0.25) is 5.15 Å². The van der Waals surface area contributed by atoms with E-state index in [4.69, 9.17) is 16.3 Å². The van der Waals surface area contributed by atoms with E-state index < -0.39 is 0 Å². The van der Waals surface area contributed by atoms with Gasteiger partial charge < -0.3 is 4.74 Å². The van der Waals surface area contributed by atoms with E-state index in [1.165, 1.54) is 18.2 Å². The second-order valence-corrected chi connectivity index (χ2v) is 4.49. The highest BCUT2D eigenvalue weighted by Gasteiger charge is 2.08. The lowest BCUT2D eigenvalue weighted by Crippen LogP contribution is -1.99. The van der Waals surface area contributed by atoms with Crippen LogP contribution < -0.4 is 4.74 Å². The summed E-state index contributed by atoms with van der Waals surface area (Å²) in [5.41, 5.74) is 0. The Morgan fingerprint density at radius 2 is 2.00 bits per heavy atom. The van der Waals surface area contributed by atoms with Gasteiger partial charge in [-0.3, -0.25) is 0 Å². The summed E-state index contributed by atoms with van der Waals surface area (Å²) in [6, 6.07) is 7.34. The van der Waals surface area contributed by atoms with Gasteiger partial charge >= 0.3 is 0 Å². The topological polar surface area (TPSA) is 35.0 Å². The summed E-state index contributed by atoms with van der Waals surface area (Å²) in [6.07, 6.45) is 0. The van der Waals surface area contributed by atoms with Crippen LogP contribution in [0.3, 0.4) is 0 Å².